The molecule has 2 atom stereocenters. The first kappa shape index (κ1) is 10.4. The summed E-state index contributed by atoms with van der Waals surface area (Å²) in [6, 6.07) is 0. The molecule has 2 nitrogen and oxygen atoms in total. The van der Waals surface area contributed by atoms with Crippen LogP contribution in [0.1, 0.15) is 33.6 Å². The van der Waals surface area contributed by atoms with E-state index in [0.717, 1.165) is 13.0 Å². The van der Waals surface area contributed by atoms with E-state index in [9.17, 15) is 4.39 Å². The van der Waals surface area contributed by atoms with Gasteiger partial charge >= 0.3 is 0 Å². The van der Waals surface area contributed by atoms with Crippen molar-refractivity contribution < 1.29 is 9.13 Å². The average Bonchev–Trinajstić information content (AvgIpc) is 2.22. The third-order valence-electron chi connectivity index (χ3n) is 3.42. The van der Waals surface area contributed by atoms with Gasteiger partial charge in [-0.2, -0.15) is 0 Å². The second-order valence-corrected chi connectivity index (χ2v) is 5.35. The van der Waals surface area contributed by atoms with Gasteiger partial charge in [0.25, 0.3) is 0 Å². The molecule has 14 heavy (non-hydrogen) atoms. The van der Waals surface area contributed by atoms with Gasteiger partial charge in [-0.3, -0.25) is 4.90 Å². The van der Waals surface area contributed by atoms with Crippen molar-refractivity contribution in [1.29, 1.82) is 0 Å². The van der Waals surface area contributed by atoms with Gasteiger partial charge in [-0.25, -0.2) is 4.39 Å². The fourth-order valence-electron chi connectivity index (χ4n) is 2.71. The Balaban J connectivity index is 1.96. The quantitative estimate of drug-likeness (QED) is 0.692. The molecule has 0 radical (unpaired) electrons. The number of hydrogen-bond acceptors (Lipinski definition) is 2. The monoisotopic (exact) mass is 201 g/mol. The highest BCUT2D eigenvalue weighted by molar-refractivity contribution is 5.11. The molecule has 2 rings (SSSR count). The van der Waals surface area contributed by atoms with Crippen LogP contribution in [0.4, 0.5) is 4.39 Å². The van der Waals surface area contributed by atoms with Crippen LogP contribution in [0.15, 0.2) is 0 Å². The van der Waals surface area contributed by atoms with E-state index in [1.807, 2.05) is 13.8 Å². The molecular formula is C11H20FNO. The molecule has 0 spiro atoms. The molecule has 0 unspecified atom stereocenters. The second kappa shape index (κ2) is 3.17. The number of ether oxygens (including phenoxy) is 1. The van der Waals surface area contributed by atoms with Crippen LogP contribution in [-0.2, 0) is 4.74 Å². The highest BCUT2D eigenvalue weighted by Crippen LogP contribution is 2.46. The lowest BCUT2D eigenvalue weighted by Crippen LogP contribution is -2.58. The van der Waals surface area contributed by atoms with Crippen molar-refractivity contribution in [3.63, 3.8) is 0 Å². The van der Waals surface area contributed by atoms with Crippen molar-refractivity contribution >= 4 is 0 Å². The molecule has 0 saturated carbocycles. The standard InChI is InChI=1S/C11H20FNO/c1-9(2)14-8-11-4-5-13(11)7-10(3,12)6-11/h9H,4-8H2,1-3H3/t10-,11+/m0/s1. The van der Waals surface area contributed by atoms with E-state index >= 15 is 0 Å². The molecule has 0 aromatic carbocycles. The first-order valence-corrected chi connectivity index (χ1v) is 5.49. The minimum atomic E-state index is -1.00. The lowest BCUT2D eigenvalue weighted by Gasteiger charge is -2.47. The number of halogens is 1. The third-order valence-corrected chi connectivity index (χ3v) is 3.42. The molecule has 2 aliphatic rings. The fraction of sp³-hybridized carbons (Fsp3) is 1.00. The molecule has 3 heteroatoms. The van der Waals surface area contributed by atoms with Crippen LogP contribution in [-0.4, -0.2) is 41.9 Å². The SMILES string of the molecule is CC(C)OC[C@]12CCN1C[C@@](C)(F)C2. The van der Waals surface area contributed by atoms with Crippen LogP contribution in [0, 0.1) is 0 Å². The zero-order valence-corrected chi connectivity index (χ0v) is 9.35. The number of rotatable bonds is 3. The van der Waals surface area contributed by atoms with E-state index < -0.39 is 5.67 Å². The van der Waals surface area contributed by atoms with E-state index in [0.29, 0.717) is 19.6 Å². The highest BCUT2D eigenvalue weighted by Gasteiger charge is 2.56. The van der Waals surface area contributed by atoms with Crippen molar-refractivity contribution in [3.05, 3.63) is 0 Å². The predicted octanol–water partition coefficient (Wildman–Crippen LogP) is 1.99. The van der Waals surface area contributed by atoms with Crippen LogP contribution in [0.2, 0.25) is 0 Å². The molecule has 0 aliphatic carbocycles. The number of nitrogens with zero attached hydrogens (tertiary/aromatic N) is 1. The van der Waals surface area contributed by atoms with Gasteiger partial charge < -0.3 is 4.74 Å². The minimum absolute atomic E-state index is 0.0355. The molecule has 2 aliphatic heterocycles. The second-order valence-electron chi connectivity index (χ2n) is 5.35. The zero-order chi connectivity index (χ0) is 10.4. The van der Waals surface area contributed by atoms with Crippen molar-refractivity contribution in [2.75, 3.05) is 19.7 Å². The van der Waals surface area contributed by atoms with Crippen LogP contribution < -0.4 is 0 Å². The molecule has 0 aromatic heterocycles. The van der Waals surface area contributed by atoms with Crippen molar-refractivity contribution in [3.8, 4) is 0 Å². The Morgan fingerprint density at radius 3 is 2.64 bits per heavy atom. The molecule has 0 amide bonds. The van der Waals surface area contributed by atoms with E-state index in [-0.39, 0.29) is 11.6 Å². The summed E-state index contributed by atoms with van der Waals surface area (Å²) in [6.45, 7) is 8.11. The first-order chi connectivity index (χ1) is 6.44. The zero-order valence-electron chi connectivity index (χ0n) is 9.35. The van der Waals surface area contributed by atoms with Crippen LogP contribution in [0.5, 0.6) is 0 Å². The van der Waals surface area contributed by atoms with Crippen LogP contribution in [0.25, 0.3) is 0 Å². The minimum Gasteiger partial charge on any atom is -0.377 e. The maximum absolute atomic E-state index is 13.8. The lowest BCUT2D eigenvalue weighted by molar-refractivity contribution is -0.0648. The van der Waals surface area contributed by atoms with Gasteiger partial charge in [0.15, 0.2) is 0 Å². The summed E-state index contributed by atoms with van der Waals surface area (Å²) >= 11 is 0. The molecule has 0 aromatic rings. The summed E-state index contributed by atoms with van der Waals surface area (Å²) in [5, 5.41) is 0. The van der Waals surface area contributed by atoms with E-state index in [1.165, 1.54) is 0 Å². The topological polar surface area (TPSA) is 12.5 Å². The lowest BCUT2D eigenvalue weighted by atomic mass is 9.84. The Labute approximate surface area is 85.4 Å². The van der Waals surface area contributed by atoms with Crippen molar-refractivity contribution in [1.82, 2.24) is 4.90 Å². The number of hydrogen-bond donors (Lipinski definition) is 0. The Morgan fingerprint density at radius 1 is 1.50 bits per heavy atom. The average molecular weight is 201 g/mol. The molecular weight excluding hydrogens is 181 g/mol. The summed E-state index contributed by atoms with van der Waals surface area (Å²) in [7, 11) is 0. The van der Waals surface area contributed by atoms with Gasteiger partial charge in [-0.05, 0) is 27.2 Å². The number of fused-ring (bicyclic) bond motifs is 1. The van der Waals surface area contributed by atoms with Crippen molar-refractivity contribution in [2.24, 2.45) is 0 Å². The molecule has 0 N–H and O–H groups in total. The Hall–Kier alpha value is -0.150. The third kappa shape index (κ3) is 1.68. The summed E-state index contributed by atoms with van der Waals surface area (Å²) in [6.07, 6.45) is 1.99. The Kier molecular flexibility index (Phi) is 2.35. The van der Waals surface area contributed by atoms with Crippen LogP contribution >= 0.6 is 0 Å². The summed E-state index contributed by atoms with van der Waals surface area (Å²) < 4.78 is 19.5. The van der Waals surface area contributed by atoms with Gasteiger partial charge in [0.1, 0.15) is 5.67 Å². The molecule has 82 valence electrons. The van der Waals surface area contributed by atoms with Crippen LogP contribution in [0.3, 0.4) is 0 Å². The summed E-state index contributed by atoms with van der Waals surface area (Å²) in [5.41, 5.74) is -0.968. The van der Waals surface area contributed by atoms with Crippen molar-refractivity contribution in [2.45, 2.75) is 50.9 Å². The Bertz CT molecular complexity index is 229. The van der Waals surface area contributed by atoms with E-state index in [2.05, 4.69) is 4.90 Å². The smallest absolute Gasteiger partial charge is 0.122 e. The van der Waals surface area contributed by atoms with Gasteiger partial charge in [0.2, 0.25) is 0 Å². The maximum atomic E-state index is 13.8. The Morgan fingerprint density at radius 2 is 2.21 bits per heavy atom. The summed E-state index contributed by atoms with van der Waals surface area (Å²) in [4.78, 5) is 2.25. The predicted molar refractivity (Wildman–Crippen MR) is 54.1 cm³/mol. The van der Waals surface area contributed by atoms with Gasteiger partial charge in [-0.15, -0.1) is 0 Å². The van der Waals surface area contributed by atoms with Gasteiger partial charge in [0.05, 0.1) is 12.7 Å². The largest absolute Gasteiger partial charge is 0.377 e. The molecule has 2 heterocycles. The fourth-order valence-corrected chi connectivity index (χ4v) is 2.71. The van der Waals surface area contributed by atoms with Gasteiger partial charge in [0, 0.05) is 25.0 Å². The van der Waals surface area contributed by atoms with E-state index in [4.69, 9.17) is 4.74 Å². The van der Waals surface area contributed by atoms with Gasteiger partial charge in [-0.1, -0.05) is 0 Å². The van der Waals surface area contributed by atoms with E-state index in [1.54, 1.807) is 6.92 Å². The molecule has 2 fully saturated rings. The first-order valence-electron chi connectivity index (χ1n) is 5.49. The maximum Gasteiger partial charge on any atom is 0.122 e. The normalized spacial score (nSPS) is 42.6. The summed E-state index contributed by atoms with van der Waals surface area (Å²) in [5.74, 6) is 0. The number of alkyl halides is 1. The molecule has 2 saturated heterocycles. The molecule has 0 bridgehead atoms. The highest BCUT2D eigenvalue weighted by atomic mass is 19.1.